The SMILES string of the molecule is COC(=O)/C=C/c1ccc(N=Nc2ccc(/C=C/C(=O)OC)cc2)cc1. The van der Waals surface area contributed by atoms with Crippen LogP contribution in [0, 0.1) is 0 Å². The van der Waals surface area contributed by atoms with Gasteiger partial charge >= 0.3 is 11.9 Å². The van der Waals surface area contributed by atoms with E-state index in [9.17, 15) is 9.59 Å². The lowest BCUT2D eigenvalue weighted by Gasteiger charge is -1.97. The van der Waals surface area contributed by atoms with E-state index in [1.54, 1.807) is 36.4 Å². The lowest BCUT2D eigenvalue weighted by atomic mass is 10.2. The Balaban J connectivity index is 1.98. The molecule has 0 heterocycles. The van der Waals surface area contributed by atoms with Gasteiger partial charge in [0.05, 0.1) is 25.6 Å². The van der Waals surface area contributed by atoms with E-state index in [0.29, 0.717) is 11.4 Å². The molecule has 0 saturated heterocycles. The zero-order valence-corrected chi connectivity index (χ0v) is 14.5. The number of rotatable bonds is 6. The molecule has 0 aliphatic rings. The number of carbonyl (C=O) groups excluding carboxylic acids is 2. The van der Waals surface area contributed by atoms with Crippen LogP contribution in [0.3, 0.4) is 0 Å². The fourth-order valence-electron chi connectivity index (χ4n) is 1.88. The van der Waals surface area contributed by atoms with E-state index in [1.165, 1.54) is 26.4 Å². The molecule has 132 valence electrons. The van der Waals surface area contributed by atoms with Gasteiger partial charge in [-0.3, -0.25) is 0 Å². The molecule has 0 aliphatic carbocycles. The molecule has 0 fully saturated rings. The van der Waals surface area contributed by atoms with E-state index in [1.807, 2.05) is 24.3 Å². The highest BCUT2D eigenvalue weighted by Gasteiger charge is 1.95. The van der Waals surface area contributed by atoms with Crippen molar-refractivity contribution in [2.24, 2.45) is 10.2 Å². The monoisotopic (exact) mass is 350 g/mol. The maximum atomic E-state index is 11.1. The fraction of sp³-hybridized carbons (Fsp3) is 0.100. The molecule has 0 amide bonds. The summed E-state index contributed by atoms with van der Waals surface area (Å²) in [5.74, 6) is -0.808. The number of hydrogen-bond donors (Lipinski definition) is 0. The Morgan fingerprint density at radius 1 is 0.692 bits per heavy atom. The third kappa shape index (κ3) is 6.16. The van der Waals surface area contributed by atoms with Crippen molar-refractivity contribution < 1.29 is 19.1 Å². The minimum Gasteiger partial charge on any atom is -0.466 e. The smallest absolute Gasteiger partial charge is 0.330 e. The Morgan fingerprint density at radius 3 is 1.35 bits per heavy atom. The predicted molar refractivity (Wildman–Crippen MR) is 99.2 cm³/mol. The lowest BCUT2D eigenvalue weighted by Crippen LogP contribution is -1.93. The summed E-state index contributed by atoms with van der Waals surface area (Å²) >= 11 is 0. The van der Waals surface area contributed by atoms with E-state index in [2.05, 4.69) is 19.7 Å². The van der Waals surface area contributed by atoms with Crippen molar-refractivity contribution in [3.8, 4) is 0 Å². The quantitative estimate of drug-likeness (QED) is 0.437. The van der Waals surface area contributed by atoms with E-state index < -0.39 is 11.9 Å². The van der Waals surface area contributed by atoms with E-state index >= 15 is 0 Å². The van der Waals surface area contributed by atoms with Gasteiger partial charge in [-0.25, -0.2) is 9.59 Å². The van der Waals surface area contributed by atoms with Crippen molar-refractivity contribution in [2.75, 3.05) is 14.2 Å². The standard InChI is InChI=1S/C20H18N2O4/c1-25-19(23)13-7-15-3-9-17(10-4-15)21-22-18-11-5-16(6-12-18)8-14-20(24)26-2/h3-14H,1-2H3/b13-7+,14-8+,22-21?. The van der Waals surface area contributed by atoms with Gasteiger partial charge in [0.15, 0.2) is 0 Å². The van der Waals surface area contributed by atoms with Crippen molar-refractivity contribution in [3.63, 3.8) is 0 Å². The summed E-state index contributed by atoms with van der Waals surface area (Å²) in [6, 6.07) is 14.5. The number of carbonyl (C=O) groups is 2. The molecular weight excluding hydrogens is 332 g/mol. The average molecular weight is 350 g/mol. The molecule has 0 radical (unpaired) electrons. The molecule has 0 bridgehead atoms. The van der Waals surface area contributed by atoms with Crippen LogP contribution >= 0.6 is 0 Å². The number of ether oxygens (including phenoxy) is 2. The molecule has 0 spiro atoms. The first-order chi connectivity index (χ1) is 12.6. The van der Waals surface area contributed by atoms with Gasteiger partial charge in [-0.2, -0.15) is 10.2 Å². The highest BCUT2D eigenvalue weighted by molar-refractivity contribution is 5.87. The molecule has 0 atom stereocenters. The second kappa shape index (κ2) is 9.68. The van der Waals surface area contributed by atoms with Crippen LogP contribution in [0.4, 0.5) is 11.4 Å². The van der Waals surface area contributed by atoms with E-state index in [0.717, 1.165) is 11.1 Å². The average Bonchev–Trinajstić information content (AvgIpc) is 2.70. The lowest BCUT2D eigenvalue weighted by molar-refractivity contribution is -0.135. The number of hydrogen-bond acceptors (Lipinski definition) is 6. The van der Waals surface area contributed by atoms with E-state index in [-0.39, 0.29) is 0 Å². The Hall–Kier alpha value is -3.54. The van der Waals surface area contributed by atoms with Crippen molar-refractivity contribution in [1.29, 1.82) is 0 Å². The zero-order chi connectivity index (χ0) is 18.8. The molecule has 6 heteroatoms. The minimum absolute atomic E-state index is 0.404. The molecule has 2 aromatic rings. The summed E-state index contributed by atoms with van der Waals surface area (Å²) in [7, 11) is 2.66. The summed E-state index contributed by atoms with van der Waals surface area (Å²) in [5.41, 5.74) is 3.09. The van der Waals surface area contributed by atoms with Crippen LogP contribution in [-0.4, -0.2) is 26.2 Å². The van der Waals surface area contributed by atoms with Crippen LogP contribution in [0.1, 0.15) is 11.1 Å². The van der Waals surface area contributed by atoms with E-state index in [4.69, 9.17) is 0 Å². The predicted octanol–water partition coefficient (Wildman–Crippen LogP) is 4.47. The third-order valence-electron chi connectivity index (χ3n) is 3.29. The van der Waals surface area contributed by atoms with Crippen LogP contribution in [0.2, 0.25) is 0 Å². The van der Waals surface area contributed by atoms with Crippen molar-refractivity contribution in [2.45, 2.75) is 0 Å². The van der Waals surface area contributed by atoms with Gasteiger partial charge in [-0.1, -0.05) is 24.3 Å². The van der Waals surface area contributed by atoms with Gasteiger partial charge in [-0.05, 0) is 47.5 Å². The van der Waals surface area contributed by atoms with Gasteiger partial charge < -0.3 is 9.47 Å². The molecule has 6 nitrogen and oxygen atoms in total. The molecule has 0 unspecified atom stereocenters. The summed E-state index contributed by atoms with van der Waals surface area (Å²) in [4.78, 5) is 22.1. The molecule has 0 saturated carbocycles. The van der Waals surface area contributed by atoms with Crippen LogP contribution in [0.5, 0.6) is 0 Å². The Bertz CT molecular complexity index is 764. The summed E-state index contributed by atoms with van der Waals surface area (Å²) in [6.07, 6.45) is 6.03. The minimum atomic E-state index is -0.404. The molecular formula is C20H18N2O4. The number of esters is 2. The molecule has 0 N–H and O–H groups in total. The fourth-order valence-corrected chi connectivity index (χ4v) is 1.88. The van der Waals surface area contributed by atoms with Crippen molar-refractivity contribution in [3.05, 3.63) is 71.8 Å². The van der Waals surface area contributed by atoms with Gasteiger partial charge in [0, 0.05) is 12.2 Å². The Kier molecular flexibility index (Phi) is 7.00. The molecule has 0 aliphatic heterocycles. The van der Waals surface area contributed by atoms with Crippen LogP contribution in [0.25, 0.3) is 12.2 Å². The third-order valence-corrected chi connectivity index (χ3v) is 3.29. The first-order valence-electron chi connectivity index (χ1n) is 7.74. The van der Waals surface area contributed by atoms with Crippen molar-refractivity contribution in [1.82, 2.24) is 0 Å². The Morgan fingerprint density at radius 2 is 1.04 bits per heavy atom. The Labute approximate surface area is 151 Å². The molecule has 2 aromatic carbocycles. The van der Waals surface area contributed by atoms with Crippen molar-refractivity contribution >= 4 is 35.5 Å². The van der Waals surface area contributed by atoms with Gasteiger partial charge in [0.2, 0.25) is 0 Å². The number of methoxy groups -OCH3 is 2. The highest BCUT2D eigenvalue weighted by Crippen LogP contribution is 2.20. The summed E-state index contributed by atoms with van der Waals surface area (Å²) in [6.45, 7) is 0. The largest absolute Gasteiger partial charge is 0.466 e. The first-order valence-corrected chi connectivity index (χ1v) is 7.74. The molecule has 0 aromatic heterocycles. The van der Waals surface area contributed by atoms with Crippen LogP contribution in [0.15, 0.2) is 70.9 Å². The maximum Gasteiger partial charge on any atom is 0.330 e. The van der Waals surface area contributed by atoms with Gasteiger partial charge in [0.25, 0.3) is 0 Å². The highest BCUT2D eigenvalue weighted by atomic mass is 16.5. The zero-order valence-electron chi connectivity index (χ0n) is 14.5. The molecule has 26 heavy (non-hydrogen) atoms. The maximum absolute atomic E-state index is 11.1. The second-order valence-corrected chi connectivity index (χ2v) is 5.10. The summed E-state index contributed by atoms with van der Waals surface area (Å²) in [5, 5.41) is 8.33. The first kappa shape index (κ1) is 18.8. The number of benzene rings is 2. The second-order valence-electron chi connectivity index (χ2n) is 5.10. The summed E-state index contributed by atoms with van der Waals surface area (Å²) < 4.78 is 9.08. The normalized spacial score (nSPS) is 11.3. The van der Waals surface area contributed by atoms with Gasteiger partial charge in [-0.15, -0.1) is 0 Å². The number of azo groups is 1. The van der Waals surface area contributed by atoms with Crippen LogP contribution < -0.4 is 0 Å². The molecule has 2 rings (SSSR count). The number of nitrogens with zero attached hydrogens (tertiary/aromatic N) is 2. The topological polar surface area (TPSA) is 77.3 Å². The van der Waals surface area contributed by atoms with Crippen LogP contribution in [-0.2, 0) is 19.1 Å². The van der Waals surface area contributed by atoms with Gasteiger partial charge in [0.1, 0.15) is 0 Å².